The summed E-state index contributed by atoms with van der Waals surface area (Å²) >= 11 is 0. The molecule has 1 aromatic carbocycles. The van der Waals surface area contributed by atoms with Crippen molar-refractivity contribution in [3.05, 3.63) is 47.3 Å². The maximum Gasteiger partial charge on any atom is 0.124 e. The maximum absolute atomic E-state index is 6.45. The van der Waals surface area contributed by atoms with Crippen LogP contribution in [0.2, 0.25) is 0 Å². The Bertz CT molecular complexity index is 563. The molecule has 0 saturated carbocycles. The Hall–Kier alpha value is -1.81. The van der Waals surface area contributed by atoms with Gasteiger partial charge in [-0.3, -0.25) is 4.68 Å². The molecule has 108 valence electrons. The van der Waals surface area contributed by atoms with E-state index in [0.717, 1.165) is 35.7 Å². The average molecular weight is 273 g/mol. The number of aryl methyl sites for hydroxylation is 2. The maximum atomic E-state index is 6.45. The molecule has 0 saturated heterocycles. The van der Waals surface area contributed by atoms with Crippen LogP contribution in [0.15, 0.2) is 30.3 Å². The summed E-state index contributed by atoms with van der Waals surface area (Å²) in [5.41, 5.74) is 9.57. The molecule has 2 N–H and O–H groups in total. The number of ether oxygens (including phenoxy) is 1. The van der Waals surface area contributed by atoms with Gasteiger partial charge in [0.25, 0.3) is 0 Å². The molecule has 0 aliphatic carbocycles. The standard InChI is InChI=1S/C16H23N3O/c1-4-12-11-14(19(5-2)18-12)16(17)13-9-7-8-10-15(13)20-6-3/h7-11,16H,4-6,17H2,1-3H3. The third kappa shape index (κ3) is 2.85. The second-order valence-corrected chi connectivity index (χ2v) is 4.68. The van der Waals surface area contributed by atoms with Gasteiger partial charge >= 0.3 is 0 Å². The van der Waals surface area contributed by atoms with Crippen molar-refractivity contribution in [2.24, 2.45) is 5.73 Å². The highest BCUT2D eigenvalue weighted by atomic mass is 16.5. The minimum atomic E-state index is -0.217. The lowest BCUT2D eigenvalue weighted by Crippen LogP contribution is -2.18. The Kier molecular flexibility index (Phi) is 4.79. The van der Waals surface area contributed by atoms with E-state index in [1.807, 2.05) is 35.9 Å². The van der Waals surface area contributed by atoms with Crippen molar-refractivity contribution in [2.45, 2.75) is 39.8 Å². The molecule has 1 heterocycles. The van der Waals surface area contributed by atoms with E-state index in [2.05, 4.69) is 25.0 Å². The molecule has 0 bridgehead atoms. The largest absolute Gasteiger partial charge is 0.494 e. The normalized spacial score (nSPS) is 12.4. The van der Waals surface area contributed by atoms with E-state index in [9.17, 15) is 0 Å². The first kappa shape index (κ1) is 14.6. The fourth-order valence-corrected chi connectivity index (χ4v) is 2.35. The Morgan fingerprint density at radius 3 is 2.65 bits per heavy atom. The number of nitrogens with zero attached hydrogens (tertiary/aromatic N) is 2. The third-order valence-electron chi connectivity index (χ3n) is 3.40. The molecule has 2 rings (SSSR count). The molecule has 1 atom stereocenters. The first-order valence-corrected chi connectivity index (χ1v) is 7.25. The van der Waals surface area contributed by atoms with E-state index >= 15 is 0 Å². The predicted molar refractivity (Wildman–Crippen MR) is 80.9 cm³/mol. The van der Waals surface area contributed by atoms with E-state index in [1.165, 1.54) is 0 Å². The van der Waals surface area contributed by atoms with Crippen LogP contribution in [-0.2, 0) is 13.0 Å². The molecule has 0 aliphatic rings. The van der Waals surface area contributed by atoms with Crippen LogP contribution < -0.4 is 10.5 Å². The van der Waals surface area contributed by atoms with Gasteiger partial charge in [-0.25, -0.2) is 0 Å². The molecule has 0 radical (unpaired) electrons. The van der Waals surface area contributed by atoms with Crippen LogP contribution in [0.25, 0.3) is 0 Å². The highest BCUT2D eigenvalue weighted by Gasteiger charge is 2.18. The first-order chi connectivity index (χ1) is 9.71. The molecular formula is C16H23N3O. The summed E-state index contributed by atoms with van der Waals surface area (Å²) in [5, 5.41) is 4.57. The van der Waals surface area contributed by atoms with Gasteiger partial charge in [-0.15, -0.1) is 0 Å². The molecule has 1 unspecified atom stereocenters. The number of aromatic nitrogens is 2. The number of nitrogens with two attached hydrogens (primary N) is 1. The van der Waals surface area contributed by atoms with Gasteiger partial charge in [-0.1, -0.05) is 25.1 Å². The zero-order chi connectivity index (χ0) is 14.5. The monoisotopic (exact) mass is 273 g/mol. The number of benzene rings is 1. The van der Waals surface area contributed by atoms with Gasteiger partial charge < -0.3 is 10.5 Å². The third-order valence-corrected chi connectivity index (χ3v) is 3.40. The molecule has 0 fully saturated rings. The number of para-hydroxylation sites is 1. The summed E-state index contributed by atoms with van der Waals surface area (Å²) < 4.78 is 7.65. The lowest BCUT2D eigenvalue weighted by molar-refractivity contribution is 0.335. The summed E-state index contributed by atoms with van der Waals surface area (Å²) in [6.45, 7) is 7.62. The zero-order valence-corrected chi connectivity index (χ0v) is 12.5. The van der Waals surface area contributed by atoms with E-state index in [4.69, 9.17) is 10.5 Å². The zero-order valence-electron chi connectivity index (χ0n) is 12.5. The Balaban J connectivity index is 2.40. The molecule has 0 spiro atoms. The topological polar surface area (TPSA) is 53.1 Å². The lowest BCUT2D eigenvalue weighted by Gasteiger charge is -2.17. The molecule has 4 heteroatoms. The number of hydrogen-bond donors (Lipinski definition) is 1. The van der Waals surface area contributed by atoms with Gasteiger partial charge in [-0.2, -0.15) is 5.10 Å². The van der Waals surface area contributed by atoms with Crippen LogP contribution in [0.5, 0.6) is 5.75 Å². The second-order valence-electron chi connectivity index (χ2n) is 4.68. The van der Waals surface area contributed by atoms with Gasteiger partial charge in [0, 0.05) is 12.1 Å². The van der Waals surface area contributed by atoms with Crippen LogP contribution in [0, 0.1) is 0 Å². The van der Waals surface area contributed by atoms with Crippen LogP contribution >= 0.6 is 0 Å². The van der Waals surface area contributed by atoms with Gasteiger partial charge in [0.05, 0.1) is 24.0 Å². The summed E-state index contributed by atoms with van der Waals surface area (Å²) in [4.78, 5) is 0. The Morgan fingerprint density at radius 1 is 1.25 bits per heavy atom. The van der Waals surface area contributed by atoms with E-state index < -0.39 is 0 Å². The summed E-state index contributed by atoms with van der Waals surface area (Å²) in [6.07, 6.45) is 0.916. The number of hydrogen-bond acceptors (Lipinski definition) is 3. The molecule has 0 amide bonds. The van der Waals surface area contributed by atoms with Gasteiger partial charge in [-0.05, 0) is 32.4 Å². The first-order valence-electron chi connectivity index (χ1n) is 7.25. The Morgan fingerprint density at radius 2 is 2.00 bits per heavy atom. The van der Waals surface area contributed by atoms with Crippen LogP contribution in [0.4, 0.5) is 0 Å². The van der Waals surface area contributed by atoms with Gasteiger partial charge in [0.15, 0.2) is 0 Å². The summed E-state index contributed by atoms with van der Waals surface area (Å²) in [5.74, 6) is 0.851. The van der Waals surface area contributed by atoms with Crippen molar-refractivity contribution in [2.75, 3.05) is 6.61 Å². The van der Waals surface area contributed by atoms with Gasteiger partial charge in [0.1, 0.15) is 5.75 Å². The van der Waals surface area contributed by atoms with E-state index in [-0.39, 0.29) is 6.04 Å². The van der Waals surface area contributed by atoms with Crippen molar-refractivity contribution < 1.29 is 4.74 Å². The fraction of sp³-hybridized carbons (Fsp3) is 0.438. The van der Waals surface area contributed by atoms with Crippen molar-refractivity contribution in [3.8, 4) is 5.75 Å². The summed E-state index contributed by atoms with van der Waals surface area (Å²) in [6, 6.07) is 9.82. The number of rotatable bonds is 6. The van der Waals surface area contributed by atoms with Crippen LogP contribution in [-0.4, -0.2) is 16.4 Å². The second kappa shape index (κ2) is 6.57. The lowest BCUT2D eigenvalue weighted by atomic mass is 10.0. The van der Waals surface area contributed by atoms with Crippen molar-refractivity contribution in [3.63, 3.8) is 0 Å². The predicted octanol–water partition coefficient (Wildman–Crippen LogP) is 2.91. The molecule has 2 aromatic rings. The van der Waals surface area contributed by atoms with Crippen molar-refractivity contribution in [1.29, 1.82) is 0 Å². The molecule has 4 nitrogen and oxygen atoms in total. The smallest absolute Gasteiger partial charge is 0.124 e. The minimum absolute atomic E-state index is 0.217. The van der Waals surface area contributed by atoms with Crippen molar-refractivity contribution in [1.82, 2.24) is 9.78 Å². The molecule has 20 heavy (non-hydrogen) atoms. The molecule has 0 aliphatic heterocycles. The van der Waals surface area contributed by atoms with Crippen LogP contribution in [0.1, 0.15) is 43.8 Å². The van der Waals surface area contributed by atoms with E-state index in [1.54, 1.807) is 0 Å². The SMILES string of the molecule is CCOc1ccccc1C(N)c1cc(CC)nn1CC. The quantitative estimate of drug-likeness (QED) is 0.880. The van der Waals surface area contributed by atoms with Crippen molar-refractivity contribution >= 4 is 0 Å². The highest BCUT2D eigenvalue weighted by Crippen LogP contribution is 2.28. The minimum Gasteiger partial charge on any atom is -0.494 e. The van der Waals surface area contributed by atoms with E-state index in [0.29, 0.717) is 6.61 Å². The Labute approximate surface area is 120 Å². The van der Waals surface area contributed by atoms with Crippen LogP contribution in [0.3, 0.4) is 0 Å². The van der Waals surface area contributed by atoms with Gasteiger partial charge in [0.2, 0.25) is 0 Å². The fourth-order valence-electron chi connectivity index (χ4n) is 2.35. The average Bonchev–Trinajstić information content (AvgIpc) is 2.91. The highest BCUT2D eigenvalue weighted by molar-refractivity contribution is 5.40. The molecule has 1 aromatic heterocycles. The summed E-state index contributed by atoms with van der Waals surface area (Å²) in [7, 11) is 0. The molecular weight excluding hydrogens is 250 g/mol.